The van der Waals surface area contributed by atoms with Gasteiger partial charge in [-0.25, -0.2) is 4.39 Å². The summed E-state index contributed by atoms with van der Waals surface area (Å²) < 4.78 is 21.2. The average molecular weight is 431 g/mol. The minimum atomic E-state index is -0.289. The molecular weight excluding hydrogens is 407 g/mol. The van der Waals surface area contributed by atoms with E-state index in [1.165, 1.54) is 23.9 Å². The van der Waals surface area contributed by atoms with Crippen molar-refractivity contribution >= 4 is 23.7 Å². The van der Waals surface area contributed by atoms with Gasteiger partial charge >= 0.3 is 0 Å². The zero-order valence-electron chi connectivity index (χ0n) is 16.8. The maximum atomic E-state index is 13.4. The number of nitrogens with two attached hydrogens (primary N) is 1. The van der Waals surface area contributed by atoms with E-state index in [1.54, 1.807) is 17.0 Å². The van der Waals surface area contributed by atoms with Crippen LogP contribution in [-0.4, -0.2) is 56.5 Å². The number of nitrogens with zero attached hydrogens (tertiary/aromatic N) is 7. The zero-order chi connectivity index (χ0) is 21.1. The molecule has 1 saturated heterocycles. The third-order valence-corrected chi connectivity index (χ3v) is 5.61. The van der Waals surface area contributed by atoms with E-state index in [9.17, 15) is 4.39 Å². The lowest BCUT2D eigenvalue weighted by molar-refractivity contribution is 0.0953. The molecule has 9 nitrogen and oxygen atoms in total. The summed E-state index contributed by atoms with van der Waals surface area (Å²) in [5, 5.41) is 9.45. The normalized spacial score (nSPS) is 16.2. The molecule has 0 aliphatic carbocycles. The van der Waals surface area contributed by atoms with Gasteiger partial charge in [-0.2, -0.15) is 15.0 Å². The molecule has 0 amide bonds. The highest BCUT2D eigenvalue weighted by atomic mass is 32.2. The van der Waals surface area contributed by atoms with Crippen molar-refractivity contribution < 1.29 is 9.13 Å². The molecule has 0 spiro atoms. The first-order valence-electron chi connectivity index (χ1n) is 9.61. The van der Waals surface area contributed by atoms with Crippen molar-refractivity contribution in [1.82, 2.24) is 29.7 Å². The number of halogens is 1. The number of nitrogen functional groups attached to an aromatic ring is 1. The Hall–Kier alpha value is -2.79. The molecule has 1 aliphatic heterocycles. The minimum absolute atomic E-state index is 0.104. The Morgan fingerprint density at radius 3 is 2.70 bits per heavy atom. The van der Waals surface area contributed by atoms with Crippen LogP contribution in [0.5, 0.6) is 0 Å². The SMILES string of the molecule is CN(C)c1nc(N)nc(CSc2nnc(-c3ccc(F)cc3)n2CC2CCCO2)n1. The van der Waals surface area contributed by atoms with Gasteiger partial charge in [0.15, 0.2) is 11.0 Å². The third-order valence-electron chi connectivity index (χ3n) is 4.65. The van der Waals surface area contributed by atoms with Crippen LogP contribution in [0.15, 0.2) is 29.4 Å². The Labute approximate surface area is 177 Å². The third kappa shape index (κ3) is 4.68. The van der Waals surface area contributed by atoms with Gasteiger partial charge in [-0.15, -0.1) is 10.2 Å². The van der Waals surface area contributed by atoms with E-state index in [2.05, 4.69) is 25.1 Å². The molecule has 158 valence electrons. The number of anilines is 2. The summed E-state index contributed by atoms with van der Waals surface area (Å²) >= 11 is 1.46. The molecule has 2 aromatic heterocycles. The molecule has 1 atom stereocenters. The fourth-order valence-electron chi connectivity index (χ4n) is 3.18. The largest absolute Gasteiger partial charge is 0.376 e. The fraction of sp³-hybridized carbons (Fsp3) is 0.421. The van der Waals surface area contributed by atoms with Crippen molar-refractivity contribution in [1.29, 1.82) is 0 Å². The standard InChI is InChI=1S/C19H23FN8OS/c1-27(2)18-23-15(22-17(21)24-18)11-30-19-26-25-16(12-5-7-13(20)8-6-12)28(19)10-14-4-3-9-29-14/h5-8,14H,3-4,9-11H2,1-2H3,(H2,21,22,23,24). The van der Waals surface area contributed by atoms with Gasteiger partial charge in [-0.1, -0.05) is 11.8 Å². The fourth-order valence-corrected chi connectivity index (χ4v) is 3.99. The van der Waals surface area contributed by atoms with Gasteiger partial charge in [0.2, 0.25) is 11.9 Å². The smallest absolute Gasteiger partial charge is 0.229 e. The highest BCUT2D eigenvalue weighted by Crippen LogP contribution is 2.28. The van der Waals surface area contributed by atoms with E-state index >= 15 is 0 Å². The first-order valence-corrected chi connectivity index (χ1v) is 10.6. The van der Waals surface area contributed by atoms with E-state index < -0.39 is 0 Å². The number of hydrogen-bond donors (Lipinski definition) is 1. The second-order valence-corrected chi connectivity index (χ2v) is 8.09. The van der Waals surface area contributed by atoms with Gasteiger partial charge in [0, 0.05) is 26.3 Å². The number of benzene rings is 1. The van der Waals surface area contributed by atoms with Crippen LogP contribution in [0.4, 0.5) is 16.3 Å². The number of ether oxygens (including phenoxy) is 1. The number of rotatable bonds is 7. The molecule has 3 heterocycles. The molecule has 4 rings (SSSR count). The second kappa shape index (κ2) is 8.92. The Morgan fingerprint density at radius 1 is 1.20 bits per heavy atom. The van der Waals surface area contributed by atoms with Gasteiger partial charge in [0.05, 0.1) is 18.4 Å². The van der Waals surface area contributed by atoms with Crippen LogP contribution in [0.2, 0.25) is 0 Å². The Morgan fingerprint density at radius 2 is 2.00 bits per heavy atom. The number of hydrogen-bond acceptors (Lipinski definition) is 9. The van der Waals surface area contributed by atoms with Crippen molar-refractivity contribution in [3.8, 4) is 11.4 Å². The monoisotopic (exact) mass is 430 g/mol. The van der Waals surface area contributed by atoms with Crippen molar-refractivity contribution in [3.05, 3.63) is 35.9 Å². The van der Waals surface area contributed by atoms with Crippen molar-refractivity contribution in [3.63, 3.8) is 0 Å². The maximum absolute atomic E-state index is 13.4. The Balaban J connectivity index is 1.60. The van der Waals surface area contributed by atoms with Crippen LogP contribution in [0.1, 0.15) is 18.7 Å². The lowest BCUT2D eigenvalue weighted by Gasteiger charge is -2.15. The van der Waals surface area contributed by atoms with Crippen LogP contribution in [0.25, 0.3) is 11.4 Å². The summed E-state index contributed by atoms with van der Waals surface area (Å²) in [6, 6.07) is 6.25. The van der Waals surface area contributed by atoms with E-state index in [0.717, 1.165) is 30.2 Å². The van der Waals surface area contributed by atoms with Crippen molar-refractivity contribution in [2.24, 2.45) is 0 Å². The van der Waals surface area contributed by atoms with Crippen molar-refractivity contribution in [2.75, 3.05) is 31.3 Å². The lowest BCUT2D eigenvalue weighted by Crippen LogP contribution is -2.17. The summed E-state index contributed by atoms with van der Waals surface area (Å²) in [5.74, 6) is 2.09. The Kier molecular flexibility index (Phi) is 6.09. The molecule has 1 aromatic carbocycles. The summed E-state index contributed by atoms with van der Waals surface area (Å²) in [7, 11) is 3.69. The molecule has 0 saturated carbocycles. The van der Waals surface area contributed by atoms with Crippen molar-refractivity contribution in [2.45, 2.75) is 36.4 Å². The number of thioether (sulfide) groups is 1. The van der Waals surface area contributed by atoms with Gasteiger partial charge in [0.1, 0.15) is 11.6 Å². The summed E-state index contributed by atoms with van der Waals surface area (Å²) in [6.07, 6.45) is 2.13. The molecule has 3 aromatic rings. The molecular formula is C19H23FN8OS. The predicted octanol–water partition coefficient (Wildman–Crippen LogP) is 2.39. The number of aromatic nitrogens is 6. The Bertz CT molecular complexity index is 1000. The second-order valence-electron chi connectivity index (χ2n) is 7.15. The molecule has 1 unspecified atom stereocenters. The quantitative estimate of drug-likeness (QED) is 0.565. The molecule has 11 heteroatoms. The maximum Gasteiger partial charge on any atom is 0.229 e. The zero-order valence-corrected chi connectivity index (χ0v) is 17.6. The molecule has 1 aliphatic rings. The van der Waals surface area contributed by atoms with Gasteiger partial charge in [-0.05, 0) is 37.1 Å². The first-order chi connectivity index (χ1) is 14.5. The highest BCUT2D eigenvalue weighted by molar-refractivity contribution is 7.98. The van der Waals surface area contributed by atoms with Crippen LogP contribution in [-0.2, 0) is 17.0 Å². The molecule has 30 heavy (non-hydrogen) atoms. The minimum Gasteiger partial charge on any atom is -0.376 e. The van der Waals surface area contributed by atoms with E-state index in [-0.39, 0.29) is 17.9 Å². The molecule has 1 fully saturated rings. The summed E-state index contributed by atoms with van der Waals surface area (Å²) in [4.78, 5) is 14.6. The predicted molar refractivity (Wildman–Crippen MR) is 113 cm³/mol. The molecule has 2 N–H and O–H groups in total. The van der Waals surface area contributed by atoms with Crippen LogP contribution in [0.3, 0.4) is 0 Å². The van der Waals surface area contributed by atoms with E-state index in [1.807, 2.05) is 18.7 Å². The lowest BCUT2D eigenvalue weighted by atomic mass is 10.2. The first kappa shape index (κ1) is 20.5. The summed E-state index contributed by atoms with van der Waals surface area (Å²) in [5.41, 5.74) is 6.62. The van der Waals surface area contributed by atoms with E-state index in [4.69, 9.17) is 10.5 Å². The van der Waals surface area contributed by atoms with Gasteiger partial charge in [0.25, 0.3) is 0 Å². The van der Waals surface area contributed by atoms with E-state index in [0.29, 0.717) is 29.9 Å². The van der Waals surface area contributed by atoms with Crippen LogP contribution < -0.4 is 10.6 Å². The highest BCUT2D eigenvalue weighted by Gasteiger charge is 2.22. The van der Waals surface area contributed by atoms with Crippen LogP contribution in [0, 0.1) is 5.82 Å². The topological polar surface area (TPSA) is 108 Å². The van der Waals surface area contributed by atoms with Crippen LogP contribution >= 0.6 is 11.8 Å². The summed E-state index contributed by atoms with van der Waals surface area (Å²) in [6.45, 7) is 1.39. The average Bonchev–Trinajstić information content (AvgIpc) is 3.37. The molecule has 0 bridgehead atoms. The van der Waals surface area contributed by atoms with Gasteiger partial charge < -0.3 is 15.4 Å². The molecule has 0 radical (unpaired) electrons. The van der Waals surface area contributed by atoms with Gasteiger partial charge in [-0.3, -0.25) is 4.57 Å².